The zero-order chi connectivity index (χ0) is 16.5. The lowest BCUT2D eigenvalue weighted by Gasteiger charge is -1.96. The third-order valence-electron chi connectivity index (χ3n) is 4.12. The summed E-state index contributed by atoms with van der Waals surface area (Å²) in [6.07, 6.45) is 0.429. The molecule has 0 atom stereocenters. The molecule has 0 bridgehead atoms. The first kappa shape index (κ1) is 14.5. The van der Waals surface area contributed by atoms with E-state index < -0.39 is 0 Å². The molecule has 0 saturated heterocycles. The average Bonchev–Trinajstić information content (AvgIpc) is 3.19. The Bertz CT molecular complexity index is 845. The number of aliphatic imine (C=N–C) groups is 2. The first-order chi connectivity index (χ1) is 11.7. The maximum Gasteiger partial charge on any atom is 0.189 e. The molecular formula is C20H14N2O2. The highest BCUT2D eigenvalue weighted by Gasteiger charge is 2.31. The van der Waals surface area contributed by atoms with Crippen molar-refractivity contribution < 1.29 is 9.59 Å². The topological polar surface area (TPSA) is 58.9 Å². The molecule has 4 rings (SSSR count). The highest BCUT2D eigenvalue weighted by atomic mass is 16.1. The average molecular weight is 314 g/mol. The van der Waals surface area contributed by atoms with Crippen molar-refractivity contribution in [2.45, 2.75) is 12.8 Å². The summed E-state index contributed by atoms with van der Waals surface area (Å²) in [6, 6.07) is 19.1. The van der Waals surface area contributed by atoms with Gasteiger partial charge in [0.05, 0.1) is 24.3 Å². The van der Waals surface area contributed by atoms with Crippen molar-refractivity contribution >= 4 is 23.0 Å². The summed E-state index contributed by atoms with van der Waals surface area (Å²) in [7, 11) is 0. The number of hydrogen-bond donors (Lipinski definition) is 0. The van der Waals surface area contributed by atoms with E-state index in [2.05, 4.69) is 9.98 Å². The van der Waals surface area contributed by atoms with E-state index in [9.17, 15) is 9.59 Å². The fraction of sp³-hybridized carbons (Fsp3) is 0.100. The fourth-order valence-electron chi connectivity index (χ4n) is 2.91. The molecule has 0 aliphatic carbocycles. The van der Waals surface area contributed by atoms with E-state index in [-0.39, 0.29) is 35.8 Å². The molecule has 2 aromatic rings. The third-order valence-corrected chi connectivity index (χ3v) is 4.12. The van der Waals surface area contributed by atoms with Crippen molar-refractivity contribution in [3.63, 3.8) is 0 Å². The van der Waals surface area contributed by atoms with Gasteiger partial charge >= 0.3 is 0 Å². The van der Waals surface area contributed by atoms with Crippen LogP contribution in [0.15, 0.2) is 82.0 Å². The number of carbonyl (C=O) groups is 2. The van der Waals surface area contributed by atoms with E-state index in [1.165, 1.54) is 0 Å². The highest BCUT2D eigenvalue weighted by molar-refractivity contribution is 6.27. The van der Waals surface area contributed by atoms with Crippen LogP contribution < -0.4 is 0 Å². The van der Waals surface area contributed by atoms with E-state index in [4.69, 9.17) is 0 Å². The summed E-state index contributed by atoms with van der Waals surface area (Å²) in [4.78, 5) is 33.5. The van der Waals surface area contributed by atoms with Crippen molar-refractivity contribution in [1.82, 2.24) is 0 Å². The molecule has 2 aliphatic rings. The molecule has 0 radical (unpaired) electrons. The predicted molar refractivity (Wildman–Crippen MR) is 92.2 cm³/mol. The van der Waals surface area contributed by atoms with E-state index in [1.807, 2.05) is 60.7 Å². The Balaban J connectivity index is 1.76. The van der Waals surface area contributed by atoms with Crippen LogP contribution >= 0.6 is 0 Å². The standard InChI is InChI=1S/C20H14N2O2/c23-17-11-15(13-7-3-1-4-8-13)21-19(17)20-18(24)12-16(22-20)14-9-5-2-6-10-14/h1-10H,11-12H2/b20-19+. The minimum Gasteiger partial charge on any atom is -0.292 e. The lowest BCUT2D eigenvalue weighted by molar-refractivity contribution is -0.116. The molecular weight excluding hydrogens is 300 g/mol. The van der Waals surface area contributed by atoms with Crippen molar-refractivity contribution in [2.75, 3.05) is 0 Å². The summed E-state index contributed by atoms with van der Waals surface area (Å²) < 4.78 is 0. The van der Waals surface area contributed by atoms with E-state index in [0.29, 0.717) is 11.4 Å². The van der Waals surface area contributed by atoms with Gasteiger partial charge in [-0.25, -0.2) is 9.98 Å². The molecule has 0 aromatic heterocycles. The molecule has 2 aliphatic heterocycles. The predicted octanol–water partition coefficient (Wildman–Crippen LogP) is 3.12. The smallest absolute Gasteiger partial charge is 0.189 e. The molecule has 0 N–H and O–H groups in total. The summed E-state index contributed by atoms with van der Waals surface area (Å²) in [5, 5.41) is 0. The number of allylic oxidation sites excluding steroid dienone is 2. The second kappa shape index (κ2) is 5.81. The lowest BCUT2D eigenvalue weighted by atomic mass is 10.1. The normalized spacial score (nSPS) is 20.3. The fourth-order valence-corrected chi connectivity index (χ4v) is 2.91. The number of Topliss-reactive ketones (excluding diaryl/α,β-unsaturated/α-hetero) is 2. The number of hydrogen-bond acceptors (Lipinski definition) is 4. The van der Waals surface area contributed by atoms with Gasteiger partial charge in [-0.3, -0.25) is 9.59 Å². The molecule has 0 spiro atoms. The van der Waals surface area contributed by atoms with Crippen molar-refractivity contribution in [3.05, 3.63) is 83.2 Å². The Morgan fingerprint density at radius 2 is 0.958 bits per heavy atom. The Hall–Kier alpha value is -3.14. The van der Waals surface area contributed by atoms with Gasteiger partial charge in [-0.15, -0.1) is 0 Å². The lowest BCUT2D eigenvalue weighted by Crippen LogP contribution is -2.04. The van der Waals surface area contributed by atoms with Crippen LogP contribution in [0.25, 0.3) is 0 Å². The van der Waals surface area contributed by atoms with Crippen molar-refractivity contribution in [3.8, 4) is 0 Å². The molecule has 0 saturated carbocycles. The summed E-state index contributed by atoms with van der Waals surface area (Å²) in [5.74, 6) is -0.287. The molecule has 4 heteroatoms. The van der Waals surface area contributed by atoms with Gasteiger partial charge in [-0.05, 0) is 11.1 Å². The quantitative estimate of drug-likeness (QED) is 0.800. The van der Waals surface area contributed by atoms with Crippen LogP contribution in [0, 0.1) is 0 Å². The summed E-state index contributed by atoms with van der Waals surface area (Å²) in [5.41, 5.74) is 3.59. The second-order valence-electron chi connectivity index (χ2n) is 5.75. The number of nitrogens with zero attached hydrogens (tertiary/aromatic N) is 2. The van der Waals surface area contributed by atoms with Crippen LogP contribution in [0.4, 0.5) is 0 Å². The SMILES string of the molecule is O=C1CC(c2ccccc2)=N/C1=C1/N=C(c2ccccc2)CC1=O. The molecule has 2 aromatic carbocycles. The molecule has 0 unspecified atom stereocenters. The van der Waals surface area contributed by atoms with Crippen molar-refractivity contribution in [1.29, 1.82) is 0 Å². The monoisotopic (exact) mass is 314 g/mol. The Morgan fingerprint density at radius 3 is 1.33 bits per heavy atom. The first-order valence-corrected chi connectivity index (χ1v) is 7.79. The van der Waals surface area contributed by atoms with Crippen LogP contribution in [0.5, 0.6) is 0 Å². The molecule has 0 fully saturated rings. The van der Waals surface area contributed by atoms with E-state index in [0.717, 1.165) is 11.1 Å². The van der Waals surface area contributed by atoms with Crippen LogP contribution in [0.2, 0.25) is 0 Å². The molecule has 0 amide bonds. The van der Waals surface area contributed by atoms with Crippen molar-refractivity contribution in [2.24, 2.45) is 9.98 Å². The van der Waals surface area contributed by atoms with Gasteiger partial charge in [-0.1, -0.05) is 60.7 Å². The molecule has 116 valence electrons. The van der Waals surface area contributed by atoms with Gasteiger partial charge in [0.15, 0.2) is 11.6 Å². The minimum atomic E-state index is -0.143. The van der Waals surface area contributed by atoms with Gasteiger partial charge in [0.25, 0.3) is 0 Å². The van der Waals surface area contributed by atoms with E-state index >= 15 is 0 Å². The first-order valence-electron chi connectivity index (χ1n) is 7.79. The summed E-state index contributed by atoms with van der Waals surface area (Å²) in [6.45, 7) is 0. The molecule has 24 heavy (non-hydrogen) atoms. The number of benzene rings is 2. The van der Waals surface area contributed by atoms with Crippen LogP contribution in [-0.2, 0) is 9.59 Å². The van der Waals surface area contributed by atoms with Crippen LogP contribution in [0.3, 0.4) is 0 Å². The maximum absolute atomic E-state index is 12.3. The molecule has 2 heterocycles. The Kier molecular flexibility index (Phi) is 3.50. The van der Waals surface area contributed by atoms with Gasteiger partial charge in [0.1, 0.15) is 11.4 Å². The zero-order valence-electron chi connectivity index (χ0n) is 12.9. The molecule has 4 nitrogen and oxygen atoms in total. The number of ketones is 2. The zero-order valence-corrected chi connectivity index (χ0v) is 12.9. The largest absolute Gasteiger partial charge is 0.292 e. The second-order valence-corrected chi connectivity index (χ2v) is 5.75. The van der Waals surface area contributed by atoms with Gasteiger partial charge < -0.3 is 0 Å². The maximum atomic E-state index is 12.3. The van der Waals surface area contributed by atoms with Crippen LogP contribution in [0.1, 0.15) is 24.0 Å². The Labute approximate surface area is 139 Å². The minimum absolute atomic E-state index is 0.143. The van der Waals surface area contributed by atoms with E-state index in [1.54, 1.807) is 0 Å². The number of carbonyl (C=O) groups excluding carboxylic acids is 2. The van der Waals surface area contributed by atoms with Gasteiger partial charge in [0, 0.05) is 0 Å². The Morgan fingerprint density at radius 1 is 0.583 bits per heavy atom. The van der Waals surface area contributed by atoms with Gasteiger partial charge in [-0.2, -0.15) is 0 Å². The summed E-state index contributed by atoms with van der Waals surface area (Å²) >= 11 is 0. The third kappa shape index (κ3) is 2.52. The highest BCUT2D eigenvalue weighted by Crippen LogP contribution is 2.27. The van der Waals surface area contributed by atoms with Gasteiger partial charge in [0.2, 0.25) is 0 Å². The van der Waals surface area contributed by atoms with Crippen LogP contribution in [-0.4, -0.2) is 23.0 Å². The number of rotatable bonds is 2.